The van der Waals surface area contributed by atoms with Crippen LogP contribution in [0.1, 0.15) is 51.2 Å². The molecule has 186 valence electrons. The van der Waals surface area contributed by atoms with Crippen LogP contribution in [0, 0.1) is 24.7 Å². The molecule has 1 aliphatic rings. The van der Waals surface area contributed by atoms with Crippen LogP contribution in [0.25, 0.3) is 22.3 Å². The van der Waals surface area contributed by atoms with Gasteiger partial charge in [0.1, 0.15) is 5.82 Å². The fourth-order valence-corrected chi connectivity index (χ4v) is 4.53. The lowest BCUT2D eigenvalue weighted by atomic mass is 9.94. The molecule has 2 heterocycles. The van der Waals surface area contributed by atoms with E-state index < -0.39 is 6.43 Å². The van der Waals surface area contributed by atoms with E-state index in [9.17, 15) is 13.6 Å². The normalized spacial score (nSPS) is 15.7. The molecule has 1 unspecified atom stereocenters. The lowest BCUT2D eigenvalue weighted by molar-refractivity contribution is -0.125. The minimum Gasteiger partial charge on any atom is -0.356 e. The number of rotatable bonds is 7. The molecule has 7 heteroatoms. The van der Waals surface area contributed by atoms with Gasteiger partial charge in [0.05, 0.1) is 5.52 Å². The van der Waals surface area contributed by atoms with Gasteiger partial charge in [-0.2, -0.15) is 0 Å². The highest BCUT2D eigenvalue weighted by molar-refractivity contribution is 5.91. The van der Waals surface area contributed by atoms with Gasteiger partial charge in [0.25, 0.3) is 6.43 Å². The monoisotopic (exact) mass is 480 g/mol. The molecular formula is C28H34F2N4O. The quantitative estimate of drug-likeness (QED) is 0.440. The van der Waals surface area contributed by atoms with Crippen molar-refractivity contribution in [3.63, 3.8) is 0 Å². The molecule has 4 rings (SSSR count). The van der Waals surface area contributed by atoms with Crippen LogP contribution in [0.4, 0.5) is 14.6 Å². The average molecular weight is 481 g/mol. The Labute approximate surface area is 206 Å². The van der Waals surface area contributed by atoms with E-state index in [1.807, 2.05) is 32.0 Å². The van der Waals surface area contributed by atoms with Gasteiger partial charge in [-0.1, -0.05) is 51.1 Å². The minimum absolute atomic E-state index is 0.000432. The predicted molar refractivity (Wildman–Crippen MR) is 137 cm³/mol. The summed E-state index contributed by atoms with van der Waals surface area (Å²) < 4.78 is 27.4. The number of amides is 1. The zero-order chi connectivity index (χ0) is 25.1. The molecule has 1 aromatic heterocycles. The van der Waals surface area contributed by atoms with E-state index >= 15 is 0 Å². The van der Waals surface area contributed by atoms with Crippen LogP contribution in [0.15, 0.2) is 42.5 Å². The van der Waals surface area contributed by atoms with Crippen molar-refractivity contribution in [3.8, 4) is 11.4 Å². The first kappa shape index (κ1) is 25.0. The van der Waals surface area contributed by atoms with E-state index in [1.165, 1.54) is 6.07 Å². The van der Waals surface area contributed by atoms with Crippen LogP contribution in [-0.2, 0) is 4.79 Å². The largest absolute Gasteiger partial charge is 0.356 e. The number of nitrogens with one attached hydrogen (secondary N) is 1. The third kappa shape index (κ3) is 5.60. The van der Waals surface area contributed by atoms with Crippen molar-refractivity contribution in [2.45, 2.75) is 47.0 Å². The van der Waals surface area contributed by atoms with Crippen molar-refractivity contribution in [2.75, 3.05) is 24.5 Å². The van der Waals surface area contributed by atoms with Crippen molar-refractivity contribution in [1.29, 1.82) is 0 Å². The molecule has 0 saturated carbocycles. The van der Waals surface area contributed by atoms with E-state index in [2.05, 4.69) is 29.0 Å². The number of anilines is 1. The van der Waals surface area contributed by atoms with E-state index in [0.29, 0.717) is 29.8 Å². The second kappa shape index (κ2) is 10.7. The van der Waals surface area contributed by atoms with E-state index in [4.69, 9.17) is 4.98 Å². The van der Waals surface area contributed by atoms with Gasteiger partial charge in [0, 0.05) is 42.1 Å². The van der Waals surface area contributed by atoms with Crippen molar-refractivity contribution >= 4 is 22.6 Å². The van der Waals surface area contributed by atoms with Gasteiger partial charge in [-0.05, 0) is 49.3 Å². The first-order valence-electron chi connectivity index (χ1n) is 12.4. The molecule has 0 radical (unpaired) electrons. The fourth-order valence-electron chi connectivity index (χ4n) is 4.53. The number of piperidine rings is 1. The Hall–Kier alpha value is -3.09. The predicted octanol–water partition coefficient (Wildman–Crippen LogP) is 6.17. The summed E-state index contributed by atoms with van der Waals surface area (Å²) in [5, 5.41) is 4.04. The first-order valence-corrected chi connectivity index (χ1v) is 12.4. The summed E-state index contributed by atoms with van der Waals surface area (Å²) in [4.78, 5) is 24.1. The van der Waals surface area contributed by atoms with Crippen LogP contribution < -0.4 is 10.2 Å². The summed E-state index contributed by atoms with van der Waals surface area (Å²) in [5.41, 5.74) is 2.12. The number of aromatic nitrogens is 2. The standard InChI is InChI=1S/C28H34F2N4O/c1-17(2)19(4)28(35)31-16-20-11-13-34(14-12-20)27-23-10-9-18(3)15-24(23)32-26(33-27)22-8-6-5-7-21(22)25(29)30/h5-10,15,17,19-20,25H,11-14,16H2,1-4H3,(H,31,35). The summed E-state index contributed by atoms with van der Waals surface area (Å²) >= 11 is 0. The van der Waals surface area contributed by atoms with Gasteiger partial charge in [-0.15, -0.1) is 0 Å². The number of aryl methyl sites for hydroxylation is 1. The van der Waals surface area contributed by atoms with Gasteiger partial charge in [0.2, 0.25) is 5.91 Å². The lowest BCUT2D eigenvalue weighted by Crippen LogP contribution is -2.40. The molecule has 2 aromatic carbocycles. The third-order valence-electron chi connectivity index (χ3n) is 7.16. The summed E-state index contributed by atoms with van der Waals surface area (Å²) in [6, 6.07) is 12.5. The Morgan fingerprint density at radius 3 is 2.49 bits per heavy atom. The number of halogens is 2. The molecule has 1 saturated heterocycles. The van der Waals surface area contributed by atoms with Crippen molar-refractivity contribution in [3.05, 3.63) is 53.6 Å². The number of benzene rings is 2. The molecule has 35 heavy (non-hydrogen) atoms. The van der Waals surface area contributed by atoms with E-state index in [1.54, 1.807) is 18.2 Å². The molecule has 1 atom stereocenters. The average Bonchev–Trinajstić information content (AvgIpc) is 2.86. The van der Waals surface area contributed by atoms with Crippen LogP contribution in [0.3, 0.4) is 0 Å². The van der Waals surface area contributed by atoms with E-state index in [-0.39, 0.29) is 17.4 Å². The zero-order valence-corrected chi connectivity index (χ0v) is 20.9. The SMILES string of the molecule is Cc1ccc2c(N3CCC(CNC(=O)C(C)C(C)C)CC3)nc(-c3ccccc3C(F)F)nc2c1. The van der Waals surface area contributed by atoms with E-state index in [0.717, 1.165) is 48.2 Å². The number of nitrogens with zero attached hydrogens (tertiary/aromatic N) is 3. The topological polar surface area (TPSA) is 58.1 Å². The minimum atomic E-state index is -2.60. The molecule has 1 amide bonds. The Morgan fingerprint density at radius 2 is 1.80 bits per heavy atom. The number of alkyl halides is 2. The van der Waals surface area contributed by atoms with Gasteiger partial charge in [0.15, 0.2) is 5.82 Å². The maximum Gasteiger partial charge on any atom is 0.264 e. The maximum atomic E-state index is 13.7. The van der Waals surface area contributed by atoms with Crippen LogP contribution in [0.2, 0.25) is 0 Å². The Morgan fingerprint density at radius 1 is 1.09 bits per heavy atom. The third-order valence-corrected chi connectivity index (χ3v) is 7.16. The molecule has 0 spiro atoms. The molecule has 3 aromatic rings. The van der Waals surface area contributed by atoms with Crippen molar-refractivity contribution < 1.29 is 13.6 Å². The summed E-state index contributed by atoms with van der Waals surface area (Å²) in [7, 11) is 0. The summed E-state index contributed by atoms with van der Waals surface area (Å²) in [6.45, 7) is 10.3. The Bertz CT molecular complexity index is 1190. The number of fused-ring (bicyclic) bond motifs is 1. The second-order valence-corrected chi connectivity index (χ2v) is 9.99. The number of carbonyl (C=O) groups is 1. The summed E-state index contributed by atoms with van der Waals surface area (Å²) in [6.07, 6.45) is -0.747. The molecule has 0 aliphatic carbocycles. The summed E-state index contributed by atoms with van der Waals surface area (Å²) in [5.74, 6) is 1.94. The molecule has 1 aliphatic heterocycles. The smallest absolute Gasteiger partial charge is 0.264 e. The Balaban J connectivity index is 1.58. The van der Waals surface area contributed by atoms with Crippen molar-refractivity contribution in [1.82, 2.24) is 15.3 Å². The van der Waals surface area contributed by atoms with Crippen LogP contribution in [-0.4, -0.2) is 35.5 Å². The van der Waals surface area contributed by atoms with Gasteiger partial charge < -0.3 is 10.2 Å². The van der Waals surface area contributed by atoms with Gasteiger partial charge >= 0.3 is 0 Å². The lowest BCUT2D eigenvalue weighted by Gasteiger charge is -2.34. The number of hydrogen-bond acceptors (Lipinski definition) is 4. The fraction of sp³-hybridized carbons (Fsp3) is 0.464. The molecule has 1 N–H and O–H groups in total. The Kier molecular flexibility index (Phi) is 7.63. The van der Waals surface area contributed by atoms with Gasteiger partial charge in [-0.3, -0.25) is 4.79 Å². The number of hydrogen-bond donors (Lipinski definition) is 1. The zero-order valence-electron chi connectivity index (χ0n) is 20.9. The first-order chi connectivity index (χ1) is 16.7. The molecular weight excluding hydrogens is 446 g/mol. The highest BCUT2D eigenvalue weighted by Crippen LogP contribution is 2.34. The highest BCUT2D eigenvalue weighted by atomic mass is 19.3. The highest BCUT2D eigenvalue weighted by Gasteiger charge is 2.25. The number of carbonyl (C=O) groups excluding carboxylic acids is 1. The van der Waals surface area contributed by atoms with Crippen molar-refractivity contribution in [2.24, 2.45) is 17.8 Å². The maximum absolute atomic E-state index is 13.7. The molecule has 5 nitrogen and oxygen atoms in total. The van der Waals surface area contributed by atoms with Gasteiger partial charge in [-0.25, -0.2) is 18.7 Å². The second-order valence-electron chi connectivity index (χ2n) is 9.99. The van der Waals surface area contributed by atoms with Crippen LogP contribution >= 0.6 is 0 Å². The molecule has 0 bridgehead atoms. The molecule has 1 fully saturated rings. The van der Waals surface area contributed by atoms with Crippen LogP contribution in [0.5, 0.6) is 0 Å².